The van der Waals surface area contributed by atoms with Gasteiger partial charge in [-0.05, 0) is 60.1 Å². The number of benzene rings is 2. The Labute approximate surface area is 177 Å². The number of hydrogen-bond donors (Lipinski definition) is 0. The molecule has 0 atom stereocenters. The van der Waals surface area contributed by atoms with Crippen molar-refractivity contribution >= 4 is 11.6 Å². The van der Waals surface area contributed by atoms with Crippen molar-refractivity contribution in [3.8, 4) is 11.1 Å². The predicted molar refractivity (Wildman–Crippen MR) is 115 cm³/mol. The summed E-state index contributed by atoms with van der Waals surface area (Å²) in [6.45, 7) is 2.24. The second-order valence-electron chi connectivity index (χ2n) is 8.48. The summed E-state index contributed by atoms with van der Waals surface area (Å²) in [5.41, 5.74) is 0.634. The first-order valence-corrected chi connectivity index (χ1v) is 11.3. The zero-order valence-corrected chi connectivity index (χ0v) is 17.9. The molecule has 0 unspecified atom stereocenters. The summed E-state index contributed by atoms with van der Waals surface area (Å²) in [6.07, 6.45) is 12.0. The molecule has 0 aromatic heterocycles. The number of aryl methyl sites for hydroxylation is 1. The maximum atomic E-state index is 14.6. The molecule has 0 N–H and O–H groups in total. The van der Waals surface area contributed by atoms with Gasteiger partial charge in [-0.15, -0.1) is 0 Å². The van der Waals surface area contributed by atoms with Gasteiger partial charge in [-0.25, -0.2) is 13.2 Å². The fourth-order valence-electron chi connectivity index (χ4n) is 4.56. The second kappa shape index (κ2) is 10.5. The molecule has 29 heavy (non-hydrogen) atoms. The third-order valence-electron chi connectivity index (χ3n) is 6.33. The molecule has 3 rings (SSSR count). The van der Waals surface area contributed by atoms with E-state index < -0.39 is 17.5 Å². The van der Waals surface area contributed by atoms with Crippen LogP contribution in [0.4, 0.5) is 13.2 Å². The molecule has 1 fully saturated rings. The van der Waals surface area contributed by atoms with Gasteiger partial charge in [0.2, 0.25) is 0 Å². The minimum absolute atomic E-state index is 0.0636. The van der Waals surface area contributed by atoms with Crippen LogP contribution < -0.4 is 0 Å². The lowest BCUT2D eigenvalue weighted by molar-refractivity contribution is 0.249. The van der Waals surface area contributed by atoms with Crippen LogP contribution in [0.3, 0.4) is 0 Å². The molecule has 0 spiro atoms. The Bertz CT molecular complexity index is 787. The van der Waals surface area contributed by atoms with Gasteiger partial charge >= 0.3 is 0 Å². The molecule has 0 heterocycles. The Morgan fingerprint density at radius 3 is 2.03 bits per heavy atom. The zero-order chi connectivity index (χ0) is 20.8. The zero-order valence-electron chi connectivity index (χ0n) is 17.1. The molecule has 0 aliphatic heterocycles. The van der Waals surface area contributed by atoms with Crippen LogP contribution >= 0.6 is 11.6 Å². The van der Waals surface area contributed by atoms with Gasteiger partial charge in [-0.3, -0.25) is 0 Å². The van der Waals surface area contributed by atoms with E-state index >= 15 is 0 Å². The lowest BCUT2D eigenvalue weighted by Gasteiger charge is -2.28. The van der Waals surface area contributed by atoms with Crippen LogP contribution in [0, 0.1) is 29.3 Å². The number of halogens is 4. The quantitative estimate of drug-likeness (QED) is 0.373. The molecule has 0 saturated heterocycles. The lowest BCUT2D eigenvalue weighted by Crippen LogP contribution is -2.15. The van der Waals surface area contributed by atoms with Crippen molar-refractivity contribution in [2.45, 2.75) is 71.1 Å². The number of unbranched alkanes of at least 4 members (excludes halogenated alkanes) is 2. The van der Waals surface area contributed by atoms with Gasteiger partial charge in [0.15, 0.2) is 0 Å². The monoisotopic (exact) mass is 422 g/mol. The molecule has 1 saturated carbocycles. The van der Waals surface area contributed by atoms with Gasteiger partial charge in [0.05, 0.1) is 10.6 Å². The van der Waals surface area contributed by atoms with Crippen molar-refractivity contribution in [2.24, 2.45) is 11.8 Å². The van der Waals surface area contributed by atoms with Gasteiger partial charge in [0.1, 0.15) is 17.5 Å². The van der Waals surface area contributed by atoms with E-state index in [0.717, 1.165) is 18.4 Å². The summed E-state index contributed by atoms with van der Waals surface area (Å²) in [5.74, 6) is -0.472. The smallest absolute Gasteiger partial charge is 0.142 e. The van der Waals surface area contributed by atoms with Crippen LogP contribution in [0.25, 0.3) is 11.1 Å². The molecule has 4 heteroatoms. The molecule has 0 amide bonds. The molecular weight excluding hydrogens is 393 g/mol. The van der Waals surface area contributed by atoms with E-state index in [0.29, 0.717) is 17.9 Å². The molecule has 158 valence electrons. The first-order chi connectivity index (χ1) is 14.0. The van der Waals surface area contributed by atoms with Crippen LogP contribution in [-0.4, -0.2) is 0 Å². The Kier molecular flexibility index (Phi) is 8.06. The van der Waals surface area contributed by atoms with E-state index in [1.807, 2.05) is 0 Å². The topological polar surface area (TPSA) is 0 Å². The standard InChI is InChI=1S/C25H30ClF3/c1-2-3-4-5-17-6-8-18(9-7-17)10-11-19-14-23(28)25(24(29)15-19)20-12-13-21(26)22(27)16-20/h12-18H,2-11H2,1H3. The molecule has 0 radical (unpaired) electrons. The van der Waals surface area contributed by atoms with Crippen molar-refractivity contribution in [2.75, 3.05) is 0 Å². The third kappa shape index (κ3) is 6.01. The fourth-order valence-corrected chi connectivity index (χ4v) is 4.68. The van der Waals surface area contributed by atoms with Gasteiger partial charge in [-0.1, -0.05) is 76.0 Å². The van der Waals surface area contributed by atoms with E-state index in [1.54, 1.807) is 0 Å². The van der Waals surface area contributed by atoms with Crippen molar-refractivity contribution in [3.05, 3.63) is 58.4 Å². The Morgan fingerprint density at radius 2 is 1.45 bits per heavy atom. The fraction of sp³-hybridized carbons (Fsp3) is 0.520. The second-order valence-corrected chi connectivity index (χ2v) is 8.89. The Hall–Kier alpha value is -1.48. The first kappa shape index (κ1) is 22.2. The summed E-state index contributed by atoms with van der Waals surface area (Å²) in [7, 11) is 0. The summed E-state index contributed by atoms with van der Waals surface area (Å²) in [4.78, 5) is 0. The van der Waals surface area contributed by atoms with E-state index in [9.17, 15) is 13.2 Å². The molecule has 2 aromatic rings. The minimum Gasteiger partial charge on any atom is -0.206 e. The maximum Gasteiger partial charge on any atom is 0.142 e. The van der Waals surface area contributed by atoms with Gasteiger partial charge in [0, 0.05) is 0 Å². The van der Waals surface area contributed by atoms with Crippen LogP contribution in [0.5, 0.6) is 0 Å². The molecule has 0 bridgehead atoms. The van der Waals surface area contributed by atoms with Crippen molar-refractivity contribution < 1.29 is 13.2 Å². The third-order valence-corrected chi connectivity index (χ3v) is 6.64. The van der Waals surface area contributed by atoms with E-state index in [-0.39, 0.29) is 16.1 Å². The normalized spacial score (nSPS) is 19.5. The van der Waals surface area contributed by atoms with Gasteiger partial charge in [0.25, 0.3) is 0 Å². The lowest BCUT2D eigenvalue weighted by atomic mass is 9.77. The van der Waals surface area contributed by atoms with Crippen molar-refractivity contribution in [1.82, 2.24) is 0 Å². The Balaban J connectivity index is 1.57. The highest BCUT2D eigenvalue weighted by molar-refractivity contribution is 6.30. The number of rotatable bonds is 8. The highest BCUT2D eigenvalue weighted by Gasteiger charge is 2.21. The van der Waals surface area contributed by atoms with Crippen LogP contribution in [0.2, 0.25) is 5.02 Å². The highest BCUT2D eigenvalue weighted by atomic mass is 35.5. The summed E-state index contributed by atoms with van der Waals surface area (Å²) >= 11 is 5.67. The van der Waals surface area contributed by atoms with Crippen LogP contribution in [-0.2, 0) is 6.42 Å². The molecule has 0 nitrogen and oxygen atoms in total. The first-order valence-electron chi connectivity index (χ1n) is 10.9. The summed E-state index contributed by atoms with van der Waals surface area (Å²) in [6, 6.07) is 6.61. The Morgan fingerprint density at radius 1 is 0.828 bits per heavy atom. The van der Waals surface area contributed by atoms with E-state index in [4.69, 9.17) is 11.6 Å². The average molecular weight is 423 g/mol. The molecular formula is C25H30ClF3. The number of hydrogen-bond acceptors (Lipinski definition) is 0. The summed E-state index contributed by atoms with van der Waals surface area (Å²) in [5, 5.41) is -0.0636. The van der Waals surface area contributed by atoms with Crippen molar-refractivity contribution in [1.29, 1.82) is 0 Å². The average Bonchev–Trinajstić information content (AvgIpc) is 2.70. The maximum absolute atomic E-state index is 14.6. The summed E-state index contributed by atoms with van der Waals surface area (Å²) < 4.78 is 42.9. The van der Waals surface area contributed by atoms with E-state index in [1.165, 1.54) is 75.6 Å². The highest BCUT2D eigenvalue weighted by Crippen LogP contribution is 2.35. The molecule has 1 aliphatic rings. The van der Waals surface area contributed by atoms with Crippen LogP contribution in [0.1, 0.15) is 70.3 Å². The molecule has 1 aliphatic carbocycles. The molecule has 2 aromatic carbocycles. The predicted octanol–water partition coefficient (Wildman–Crippen LogP) is 8.74. The van der Waals surface area contributed by atoms with Crippen molar-refractivity contribution in [3.63, 3.8) is 0 Å². The van der Waals surface area contributed by atoms with Gasteiger partial charge in [-0.2, -0.15) is 0 Å². The SMILES string of the molecule is CCCCCC1CCC(CCc2cc(F)c(-c3ccc(Cl)c(F)c3)c(F)c2)CC1. The van der Waals surface area contributed by atoms with Crippen LogP contribution in [0.15, 0.2) is 30.3 Å². The largest absolute Gasteiger partial charge is 0.206 e. The van der Waals surface area contributed by atoms with E-state index in [2.05, 4.69) is 6.92 Å². The minimum atomic E-state index is -0.683. The van der Waals surface area contributed by atoms with Gasteiger partial charge < -0.3 is 0 Å².